The normalized spacial score (nSPS) is 18.6. The molecule has 1 fully saturated rings. The van der Waals surface area contributed by atoms with E-state index in [-0.39, 0.29) is 5.92 Å². The lowest BCUT2D eigenvalue weighted by Crippen LogP contribution is -2.47. The van der Waals surface area contributed by atoms with Crippen molar-refractivity contribution in [2.45, 2.75) is 38.5 Å². The van der Waals surface area contributed by atoms with Gasteiger partial charge in [0.2, 0.25) is 5.91 Å². The highest BCUT2D eigenvalue weighted by Gasteiger charge is 2.44. The Morgan fingerprint density at radius 1 is 1.03 bits per heavy atom. The number of hydrogen-bond acceptors (Lipinski definition) is 4. The van der Waals surface area contributed by atoms with Crippen molar-refractivity contribution < 1.29 is 32.2 Å². The van der Waals surface area contributed by atoms with E-state index in [4.69, 9.17) is 9.47 Å². The molecule has 2 amide bonds. The fourth-order valence-corrected chi connectivity index (χ4v) is 3.13. The molecular weight excluding hydrogens is 413 g/mol. The molecule has 0 saturated heterocycles. The van der Waals surface area contributed by atoms with Crippen LogP contribution < -0.4 is 20.3 Å². The number of benzene rings is 2. The third-order valence-electron chi connectivity index (χ3n) is 4.92. The molecule has 3 rings (SSSR count). The molecule has 0 radical (unpaired) electrons. The Bertz CT molecular complexity index is 914. The van der Waals surface area contributed by atoms with Crippen molar-refractivity contribution in [2.75, 3.05) is 6.61 Å². The third kappa shape index (κ3) is 5.90. The zero-order valence-corrected chi connectivity index (χ0v) is 17.0. The average Bonchev–Trinajstić information content (AvgIpc) is 3.54. The summed E-state index contributed by atoms with van der Waals surface area (Å²) in [7, 11) is 0. The molecule has 3 atom stereocenters. The first-order valence-electron chi connectivity index (χ1n) is 9.85. The summed E-state index contributed by atoms with van der Waals surface area (Å²) in [6.45, 7) is 3.96. The Labute approximate surface area is 177 Å². The molecule has 1 aliphatic rings. The molecule has 2 N–H and O–H groups in total. The van der Waals surface area contributed by atoms with E-state index in [2.05, 4.69) is 10.9 Å². The van der Waals surface area contributed by atoms with E-state index in [9.17, 15) is 22.8 Å². The monoisotopic (exact) mass is 436 g/mol. The first-order valence-corrected chi connectivity index (χ1v) is 9.85. The van der Waals surface area contributed by atoms with Gasteiger partial charge in [0, 0.05) is 5.92 Å². The molecule has 1 saturated carbocycles. The lowest BCUT2D eigenvalue weighted by Gasteiger charge is -2.15. The van der Waals surface area contributed by atoms with Crippen LogP contribution in [0.4, 0.5) is 13.2 Å². The van der Waals surface area contributed by atoms with Gasteiger partial charge in [0.05, 0.1) is 12.2 Å². The second-order valence-electron chi connectivity index (χ2n) is 7.21. The molecule has 2 aromatic carbocycles. The maximum absolute atomic E-state index is 12.6. The minimum Gasteiger partial charge on any atom is -0.494 e. The third-order valence-corrected chi connectivity index (χ3v) is 4.92. The van der Waals surface area contributed by atoms with Crippen molar-refractivity contribution in [3.63, 3.8) is 0 Å². The van der Waals surface area contributed by atoms with Gasteiger partial charge in [0.1, 0.15) is 11.5 Å². The lowest BCUT2D eigenvalue weighted by molar-refractivity contribution is -0.137. The minimum atomic E-state index is -4.40. The van der Waals surface area contributed by atoms with Gasteiger partial charge in [-0.05, 0) is 68.1 Å². The molecule has 31 heavy (non-hydrogen) atoms. The molecule has 2 aromatic rings. The molecule has 9 heteroatoms. The van der Waals surface area contributed by atoms with Crippen molar-refractivity contribution >= 4 is 11.8 Å². The SMILES string of the molecule is CCOc1ccc(OC(C)C(=O)NNC(=O)C2CC2c2ccc(C(F)(F)F)cc2)cc1. The highest BCUT2D eigenvalue weighted by Crippen LogP contribution is 2.47. The predicted molar refractivity (Wildman–Crippen MR) is 106 cm³/mol. The number of carbonyl (C=O) groups is 2. The van der Waals surface area contributed by atoms with Crippen LogP contribution in [0.5, 0.6) is 11.5 Å². The van der Waals surface area contributed by atoms with Crippen LogP contribution in [-0.2, 0) is 15.8 Å². The molecule has 0 aromatic heterocycles. The van der Waals surface area contributed by atoms with Crippen LogP contribution in [0.15, 0.2) is 48.5 Å². The number of hydrogen-bond donors (Lipinski definition) is 2. The molecule has 3 unspecified atom stereocenters. The smallest absolute Gasteiger partial charge is 0.416 e. The van der Waals surface area contributed by atoms with Gasteiger partial charge in [-0.15, -0.1) is 0 Å². The van der Waals surface area contributed by atoms with Crippen molar-refractivity contribution in [3.8, 4) is 11.5 Å². The Balaban J connectivity index is 1.44. The highest BCUT2D eigenvalue weighted by molar-refractivity contribution is 5.87. The lowest BCUT2D eigenvalue weighted by atomic mass is 10.1. The minimum absolute atomic E-state index is 0.170. The number of halogens is 3. The Morgan fingerprint density at radius 3 is 2.23 bits per heavy atom. The molecule has 6 nitrogen and oxygen atoms in total. The number of hydrazine groups is 1. The topological polar surface area (TPSA) is 76.7 Å². The maximum Gasteiger partial charge on any atom is 0.416 e. The van der Waals surface area contributed by atoms with Crippen LogP contribution in [-0.4, -0.2) is 24.5 Å². The number of rotatable bonds is 7. The van der Waals surface area contributed by atoms with Crippen molar-refractivity contribution in [2.24, 2.45) is 5.92 Å². The van der Waals surface area contributed by atoms with E-state index in [1.54, 1.807) is 31.2 Å². The van der Waals surface area contributed by atoms with Crippen LogP contribution in [0.2, 0.25) is 0 Å². The zero-order valence-electron chi connectivity index (χ0n) is 17.0. The first kappa shape index (κ1) is 22.5. The summed E-state index contributed by atoms with van der Waals surface area (Å²) in [5, 5.41) is 0. The summed E-state index contributed by atoms with van der Waals surface area (Å²) >= 11 is 0. The number of nitrogens with one attached hydrogen (secondary N) is 2. The van der Waals surface area contributed by atoms with E-state index in [1.807, 2.05) is 6.92 Å². The van der Waals surface area contributed by atoms with Crippen molar-refractivity contribution in [1.82, 2.24) is 10.9 Å². The number of amides is 2. The number of alkyl halides is 3. The number of ether oxygens (including phenoxy) is 2. The van der Waals surface area contributed by atoms with Gasteiger partial charge in [-0.1, -0.05) is 12.1 Å². The molecule has 166 valence electrons. The standard InChI is InChI=1S/C22H23F3N2O4/c1-3-30-16-8-10-17(11-9-16)31-13(2)20(28)26-27-21(29)19-12-18(19)14-4-6-15(7-5-14)22(23,24)25/h4-11,13,18-19H,3,12H2,1-2H3,(H,26,28)(H,27,29). The molecule has 0 bridgehead atoms. The van der Waals surface area contributed by atoms with Crippen molar-refractivity contribution in [1.29, 1.82) is 0 Å². The van der Waals surface area contributed by atoms with Gasteiger partial charge in [0.15, 0.2) is 6.10 Å². The van der Waals surface area contributed by atoms with Gasteiger partial charge in [-0.3, -0.25) is 20.4 Å². The largest absolute Gasteiger partial charge is 0.494 e. The summed E-state index contributed by atoms with van der Waals surface area (Å²) in [5.41, 5.74) is 4.60. The second kappa shape index (κ2) is 9.28. The Hall–Kier alpha value is -3.23. The van der Waals surface area contributed by atoms with Gasteiger partial charge < -0.3 is 9.47 Å². The predicted octanol–water partition coefficient (Wildman–Crippen LogP) is 3.82. The van der Waals surface area contributed by atoms with Gasteiger partial charge in [-0.25, -0.2) is 0 Å². The number of carbonyl (C=O) groups excluding carboxylic acids is 2. The summed E-state index contributed by atoms with van der Waals surface area (Å²) in [6.07, 6.45) is -4.75. The van der Waals surface area contributed by atoms with Crippen LogP contribution in [0.25, 0.3) is 0 Å². The van der Waals surface area contributed by atoms with Crippen molar-refractivity contribution in [3.05, 3.63) is 59.7 Å². The first-order chi connectivity index (χ1) is 14.7. The Kier molecular flexibility index (Phi) is 6.72. The quantitative estimate of drug-likeness (QED) is 0.647. The van der Waals surface area contributed by atoms with Crippen LogP contribution >= 0.6 is 0 Å². The molecule has 0 spiro atoms. The highest BCUT2D eigenvalue weighted by atomic mass is 19.4. The summed E-state index contributed by atoms with van der Waals surface area (Å²) < 4.78 is 48.8. The molecule has 1 aliphatic carbocycles. The van der Waals surface area contributed by atoms with E-state index in [1.165, 1.54) is 12.1 Å². The Morgan fingerprint density at radius 2 is 1.65 bits per heavy atom. The molecule has 0 heterocycles. The maximum atomic E-state index is 12.6. The van der Waals surface area contributed by atoms with E-state index in [0.29, 0.717) is 30.1 Å². The summed E-state index contributed by atoms with van der Waals surface area (Å²) in [6, 6.07) is 11.6. The summed E-state index contributed by atoms with van der Waals surface area (Å²) in [4.78, 5) is 24.4. The molecule has 0 aliphatic heterocycles. The van der Waals surface area contributed by atoms with E-state index >= 15 is 0 Å². The fourth-order valence-electron chi connectivity index (χ4n) is 3.13. The summed E-state index contributed by atoms with van der Waals surface area (Å²) in [5.74, 6) is -0.343. The van der Waals surface area contributed by atoms with E-state index < -0.39 is 35.6 Å². The zero-order chi connectivity index (χ0) is 22.6. The van der Waals surface area contributed by atoms with Crippen LogP contribution in [0.3, 0.4) is 0 Å². The fraction of sp³-hybridized carbons (Fsp3) is 0.364. The van der Waals surface area contributed by atoms with Crippen LogP contribution in [0.1, 0.15) is 37.3 Å². The van der Waals surface area contributed by atoms with Gasteiger partial charge in [0.25, 0.3) is 5.91 Å². The average molecular weight is 436 g/mol. The molecular formula is C22H23F3N2O4. The van der Waals surface area contributed by atoms with Crippen LogP contribution in [0, 0.1) is 5.92 Å². The van der Waals surface area contributed by atoms with Gasteiger partial charge >= 0.3 is 6.18 Å². The van der Waals surface area contributed by atoms with E-state index in [0.717, 1.165) is 12.1 Å². The van der Waals surface area contributed by atoms with Gasteiger partial charge in [-0.2, -0.15) is 13.2 Å². The second-order valence-corrected chi connectivity index (χ2v) is 7.21.